The first-order chi connectivity index (χ1) is 13.4. The summed E-state index contributed by atoms with van der Waals surface area (Å²) in [4.78, 5) is 35.3. The molecular formula is C10H21O10P3. The van der Waals surface area contributed by atoms with E-state index in [2.05, 4.69) is 13.1 Å². The van der Waals surface area contributed by atoms with Gasteiger partial charge in [0.05, 0.1) is 9.30 Å². The minimum atomic E-state index is -5.82. The fraction of sp³-hybridized carbons (Fsp3) is 0.600. The topological polar surface area (TPSA) is 160 Å². The molecule has 4 N–H and O–H groups in total. The van der Waals surface area contributed by atoms with Gasteiger partial charge in [0.2, 0.25) is 0 Å². The minimum absolute atomic E-state index is 0.0929. The summed E-state index contributed by atoms with van der Waals surface area (Å²) in [6, 6.07) is 0. The first kappa shape index (κ1) is 12.3. The van der Waals surface area contributed by atoms with Crippen molar-refractivity contribution < 1.29 is 57.4 Å². The molecule has 13 heteroatoms. The Morgan fingerprint density at radius 3 is 2.22 bits per heavy atom. The van der Waals surface area contributed by atoms with Crippen LogP contribution in [0.4, 0.5) is 0 Å². The number of allylic oxidation sites excluding steroid dienone is 3. The summed E-state index contributed by atoms with van der Waals surface area (Å²) in [5.74, 6) is 0. The summed E-state index contributed by atoms with van der Waals surface area (Å²) in [7, 11) is -17.2. The van der Waals surface area contributed by atoms with Crippen LogP contribution in [0, 0.1) is 0 Å². The summed E-state index contributed by atoms with van der Waals surface area (Å²) in [6.45, 7) is -7.59. The molecule has 2 unspecified atom stereocenters. The van der Waals surface area contributed by atoms with Gasteiger partial charge >= 0.3 is 23.5 Å². The molecule has 0 fully saturated rings. The molecule has 0 radical (unpaired) electrons. The zero-order valence-electron chi connectivity index (χ0n) is 19.6. The van der Waals surface area contributed by atoms with E-state index in [1.54, 1.807) is 0 Å². The summed E-state index contributed by atoms with van der Waals surface area (Å²) in [5.41, 5.74) is -0.695. The van der Waals surface area contributed by atoms with Gasteiger partial charge in [-0.15, -0.1) is 0 Å². The maximum atomic E-state index is 11.7. The van der Waals surface area contributed by atoms with Gasteiger partial charge in [0.15, 0.2) is 0 Å². The number of phosphoric acid groups is 3. The van der Waals surface area contributed by atoms with Crippen LogP contribution in [0.25, 0.3) is 0 Å². The van der Waals surface area contributed by atoms with Crippen molar-refractivity contribution in [1.82, 2.24) is 0 Å². The summed E-state index contributed by atoms with van der Waals surface area (Å²) >= 11 is 0. The van der Waals surface area contributed by atoms with Crippen molar-refractivity contribution >= 4 is 23.5 Å². The lowest BCUT2D eigenvalue weighted by molar-refractivity contribution is 0.182. The Morgan fingerprint density at radius 1 is 1.09 bits per heavy atom. The predicted molar refractivity (Wildman–Crippen MR) is 82.2 cm³/mol. The molecule has 0 aliphatic rings. The van der Waals surface area contributed by atoms with Crippen molar-refractivity contribution in [2.75, 3.05) is 6.56 Å². The van der Waals surface area contributed by atoms with Gasteiger partial charge in [0.1, 0.15) is 0 Å². The highest BCUT2D eigenvalue weighted by Crippen LogP contribution is 2.66. The van der Waals surface area contributed by atoms with Gasteiger partial charge in [-0.2, -0.15) is 8.62 Å². The van der Waals surface area contributed by atoms with E-state index >= 15 is 0 Å². The Hall–Kier alpha value is -0.110. The Kier molecular flexibility index (Phi) is 5.01. The second-order valence-corrected chi connectivity index (χ2v) is 8.29. The Morgan fingerprint density at radius 2 is 1.70 bits per heavy atom. The van der Waals surface area contributed by atoms with Gasteiger partial charge in [-0.05, 0) is 33.5 Å². The highest BCUT2D eigenvalue weighted by atomic mass is 31.3. The predicted octanol–water partition coefficient (Wildman–Crippen LogP) is 3.02. The Bertz CT molecular complexity index is 826. The zero-order valence-corrected chi connectivity index (χ0v) is 14.3. The van der Waals surface area contributed by atoms with E-state index in [1.165, 1.54) is 6.92 Å². The second-order valence-electron chi connectivity index (χ2n) is 3.95. The number of rotatable bonds is 10. The molecule has 0 bridgehead atoms. The molecule has 0 saturated heterocycles. The fourth-order valence-electron chi connectivity index (χ4n) is 1.01. The van der Waals surface area contributed by atoms with Crippen molar-refractivity contribution in [2.24, 2.45) is 0 Å². The third-order valence-corrected chi connectivity index (χ3v) is 5.44. The molecule has 2 atom stereocenters. The number of hydrogen-bond acceptors (Lipinski definition) is 6. The van der Waals surface area contributed by atoms with Crippen molar-refractivity contribution in [3.05, 3.63) is 23.3 Å². The monoisotopic (exact) mass is 402 g/mol. The van der Waals surface area contributed by atoms with Crippen molar-refractivity contribution in [2.45, 2.75) is 33.5 Å². The van der Waals surface area contributed by atoms with Gasteiger partial charge in [-0.1, -0.05) is 23.3 Å². The van der Waals surface area contributed by atoms with Gasteiger partial charge < -0.3 is 19.6 Å². The molecule has 23 heavy (non-hydrogen) atoms. The Balaban J connectivity index is 5.29. The summed E-state index contributed by atoms with van der Waals surface area (Å²) in [6.07, 6.45) is 1.30. The average Bonchev–Trinajstić information content (AvgIpc) is 2.33. The van der Waals surface area contributed by atoms with Gasteiger partial charge in [-0.3, -0.25) is 4.52 Å². The van der Waals surface area contributed by atoms with Crippen LogP contribution in [0.3, 0.4) is 0 Å². The summed E-state index contributed by atoms with van der Waals surface area (Å²) < 4.78 is 103. The van der Waals surface area contributed by atoms with E-state index in [0.717, 1.165) is 6.08 Å². The third-order valence-electron chi connectivity index (χ3n) is 1.78. The molecule has 0 aromatic carbocycles. The second kappa shape index (κ2) is 9.39. The highest BCUT2D eigenvalue weighted by molar-refractivity contribution is 7.66. The van der Waals surface area contributed by atoms with Crippen LogP contribution >= 0.6 is 23.5 Å². The van der Waals surface area contributed by atoms with Crippen molar-refractivity contribution in [3.8, 4) is 0 Å². The van der Waals surface area contributed by atoms with Crippen LogP contribution in [-0.4, -0.2) is 26.1 Å². The van der Waals surface area contributed by atoms with E-state index in [-0.39, 0.29) is 18.4 Å². The first-order valence-electron chi connectivity index (χ1n) is 9.59. The smallest absolute Gasteiger partial charge is 0.302 e. The first-order valence-corrected chi connectivity index (χ1v) is 10.1. The largest absolute Gasteiger partial charge is 0.490 e. The summed E-state index contributed by atoms with van der Waals surface area (Å²) in [5, 5.41) is 0. The van der Waals surface area contributed by atoms with Crippen LogP contribution < -0.4 is 0 Å². The van der Waals surface area contributed by atoms with Crippen LogP contribution in [-0.2, 0) is 26.8 Å². The lowest BCUT2D eigenvalue weighted by Gasteiger charge is -2.15. The average molecular weight is 402 g/mol. The van der Waals surface area contributed by atoms with Crippen LogP contribution in [0.1, 0.15) is 44.4 Å². The SMILES string of the molecule is [2H]C([2H])(/C=C(\C)CCC=C(C([2H])([2H])[2H])C([2H])([2H])[2H])OP(=O)(O)OP(=O)(O)OP(=O)(O)O. The zero-order chi connectivity index (χ0) is 25.1. The van der Waals surface area contributed by atoms with Crippen LogP contribution in [0.5, 0.6) is 0 Å². The molecule has 0 saturated carbocycles. The molecule has 0 aliphatic carbocycles. The lowest BCUT2D eigenvalue weighted by atomic mass is 10.1. The molecule has 0 rings (SSSR count). The fourth-order valence-corrected chi connectivity index (χ4v) is 3.83. The van der Waals surface area contributed by atoms with E-state index < -0.39 is 49.3 Å². The van der Waals surface area contributed by atoms with Crippen LogP contribution in [0.15, 0.2) is 23.3 Å². The molecular weight excluding hydrogens is 373 g/mol. The molecule has 136 valence electrons. The van der Waals surface area contributed by atoms with E-state index in [4.69, 9.17) is 25.6 Å². The lowest BCUT2D eigenvalue weighted by Crippen LogP contribution is -1.97. The van der Waals surface area contributed by atoms with Crippen molar-refractivity contribution in [3.63, 3.8) is 0 Å². The highest BCUT2D eigenvalue weighted by Gasteiger charge is 2.40. The van der Waals surface area contributed by atoms with E-state index in [0.29, 0.717) is 6.08 Å². The number of phosphoric ester groups is 1. The van der Waals surface area contributed by atoms with Gasteiger partial charge in [0, 0.05) is 8.22 Å². The third kappa shape index (κ3) is 14.0. The van der Waals surface area contributed by atoms with Crippen LogP contribution in [0.2, 0.25) is 0 Å². The minimum Gasteiger partial charge on any atom is -0.302 e. The maximum absolute atomic E-state index is 11.7. The molecule has 0 aliphatic heterocycles. The standard InChI is InChI=1S/C10H21O10P3/c1-9(2)5-4-6-10(3)7-8-18-22(14,15)20-23(16,17)19-21(11,12)13/h5,7H,4,6,8H2,1-3H3,(H,14,15)(H,16,17)(H2,11,12,13)/b10-7+/i1D3,2D3,8D2. The number of hydrogen-bond donors (Lipinski definition) is 4. The van der Waals surface area contributed by atoms with E-state index in [9.17, 15) is 18.6 Å². The molecule has 0 spiro atoms. The Labute approximate surface area is 145 Å². The molecule has 0 heterocycles. The van der Waals surface area contributed by atoms with Gasteiger partial charge in [-0.25, -0.2) is 13.7 Å². The van der Waals surface area contributed by atoms with E-state index in [1.807, 2.05) is 0 Å². The molecule has 10 nitrogen and oxygen atoms in total. The van der Waals surface area contributed by atoms with Crippen molar-refractivity contribution in [1.29, 1.82) is 0 Å². The molecule has 0 aromatic heterocycles. The molecule has 0 aromatic rings. The normalized spacial score (nSPS) is 25.0. The quantitative estimate of drug-likeness (QED) is 0.316. The van der Waals surface area contributed by atoms with Gasteiger partial charge in [0.25, 0.3) is 0 Å². The maximum Gasteiger partial charge on any atom is 0.490 e. The molecule has 0 amide bonds.